The first kappa shape index (κ1) is 14.5. The van der Waals surface area contributed by atoms with Crippen molar-refractivity contribution in [1.82, 2.24) is 4.72 Å². The predicted octanol–water partition coefficient (Wildman–Crippen LogP) is 0.760. The van der Waals surface area contributed by atoms with Crippen LogP contribution in [0, 0.1) is 0 Å². The zero-order valence-electron chi connectivity index (χ0n) is 9.96. The van der Waals surface area contributed by atoms with Gasteiger partial charge >= 0.3 is 12.3 Å². The van der Waals surface area contributed by atoms with Gasteiger partial charge in [0, 0.05) is 6.07 Å². The average Bonchev–Trinajstić information content (AvgIpc) is 2.60. The van der Waals surface area contributed by atoms with Crippen molar-refractivity contribution in [2.24, 2.45) is 0 Å². The number of hydrogen-bond donors (Lipinski definition) is 2. The molecule has 2 N–H and O–H groups in total. The van der Waals surface area contributed by atoms with Gasteiger partial charge in [-0.25, -0.2) is 8.42 Å². The number of carboxylic acid groups (broad SMARTS) is 1. The Kier molecular flexibility index (Phi) is 3.30. The Morgan fingerprint density at radius 2 is 1.95 bits per heavy atom. The molecule has 0 unspecified atom stereocenters. The molecular formula is C10H9F2NO6S. The average molecular weight is 309 g/mol. The molecule has 7 nitrogen and oxygen atoms in total. The number of rotatable bonds is 4. The molecule has 0 aromatic heterocycles. The quantitative estimate of drug-likeness (QED) is 0.851. The van der Waals surface area contributed by atoms with Gasteiger partial charge in [0.2, 0.25) is 10.0 Å². The maximum absolute atomic E-state index is 12.8. The van der Waals surface area contributed by atoms with E-state index in [2.05, 4.69) is 9.47 Å². The Labute approximate surface area is 112 Å². The van der Waals surface area contributed by atoms with Crippen LogP contribution in [0.1, 0.15) is 6.92 Å². The number of ether oxygens (including phenoxy) is 2. The highest BCUT2D eigenvalue weighted by Gasteiger charge is 2.43. The van der Waals surface area contributed by atoms with Gasteiger partial charge in [-0.3, -0.25) is 4.79 Å². The number of fused-ring (bicyclic) bond motifs is 1. The Bertz CT molecular complexity index is 660. The number of alkyl halides is 2. The summed E-state index contributed by atoms with van der Waals surface area (Å²) in [6, 6.07) is 1.45. The zero-order chi connectivity index (χ0) is 15.1. The lowest BCUT2D eigenvalue weighted by Gasteiger charge is -2.10. The SMILES string of the molecule is C[C@H](NS(=O)(=O)c1ccc2c(c1)OC(F)(F)O2)C(=O)O. The minimum Gasteiger partial charge on any atom is -0.480 e. The summed E-state index contributed by atoms with van der Waals surface area (Å²) >= 11 is 0. The van der Waals surface area contributed by atoms with Gasteiger partial charge in [-0.1, -0.05) is 0 Å². The topological polar surface area (TPSA) is 102 Å². The van der Waals surface area contributed by atoms with Crippen LogP contribution in [0.4, 0.5) is 8.78 Å². The van der Waals surface area contributed by atoms with Crippen LogP contribution in [0.3, 0.4) is 0 Å². The number of benzene rings is 1. The highest BCUT2D eigenvalue weighted by atomic mass is 32.2. The molecule has 1 aromatic carbocycles. The Balaban J connectivity index is 2.29. The van der Waals surface area contributed by atoms with Crippen LogP contribution >= 0.6 is 0 Å². The molecule has 0 amide bonds. The smallest absolute Gasteiger partial charge is 0.480 e. The molecule has 1 heterocycles. The van der Waals surface area contributed by atoms with Crippen molar-refractivity contribution in [3.63, 3.8) is 0 Å². The van der Waals surface area contributed by atoms with Gasteiger partial charge in [0.05, 0.1) is 4.90 Å². The van der Waals surface area contributed by atoms with Gasteiger partial charge in [-0.05, 0) is 19.1 Å². The molecule has 2 rings (SSSR count). The third-order valence-electron chi connectivity index (χ3n) is 2.39. The molecule has 110 valence electrons. The number of carboxylic acids is 1. The van der Waals surface area contributed by atoms with E-state index in [9.17, 15) is 22.0 Å². The standard InChI is InChI=1S/C10H9F2NO6S/c1-5(9(14)15)13-20(16,17)6-2-3-7-8(4-6)19-10(11,12)18-7/h2-5,13H,1H3,(H,14,15)/t5-/m0/s1. The summed E-state index contributed by atoms with van der Waals surface area (Å²) in [5.41, 5.74) is 0. The second kappa shape index (κ2) is 4.56. The number of carbonyl (C=O) groups is 1. The molecular weight excluding hydrogens is 300 g/mol. The van der Waals surface area contributed by atoms with E-state index in [-0.39, 0.29) is 5.75 Å². The van der Waals surface area contributed by atoms with Crippen molar-refractivity contribution in [3.05, 3.63) is 18.2 Å². The minimum atomic E-state index is -4.17. The van der Waals surface area contributed by atoms with Crippen LogP contribution in [-0.4, -0.2) is 31.8 Å². The molecule has 10 heteroatoms. The van der Waals surface area contributed by atoms with Crippen molar-refractivity contribution < 1.29 is 36.6 Å². The summed E-state index contributed by atoms with van der Waals surface area (Å²) in [5, 5.41) is 8.64. The lowest BCUT2D eigenvalue weighted by molar-refractivity contribution is -0.286. The summed E-state index contributed by atoms with van der Waals surface area (Å²) in [6.45, 7) is 1.13. The largest absolute Gasteiger partial charge is 0.586 e. The molecule has 0 saturated heterocycles. The molecule has 20 heavy (non-hydrogen) atoms. The molecule has 1 atom stereocenters. The fraction of sp³-hybridized carbons (Fsp3) is 0.300. The summed E-state index contributed by atoms with van der Waals surface area (Å²) < 4.78 is 59.4. The van der Waals surface area contributed by atoms with Crippen LogP contribution in [0.5, 0.6) is 11.5 Å². The van der Waals surface area contributed by atoms with Gasteiger partial charge in [-0.2, -0.15) is 4.72 Å². The summed E-state index contributed by atoms with van der Waals surface area (Å²) in [5.74, 6) is -2.12. The first-order chi connectivity index (χ1) is 9.11. The van der Waals surface area contributed by atoms with E-state index in [1.165, 1.54) is 0 Å². The predicted molar refractivity (Wildman–Crippen MR) is 60.1 cm³/mol. The third-order valence-corrected chi connectivity index (χ3v) is 3.92. The number of sulfonamides is 1. The third kappa shape index (κ3) is 2.80. The fourth-order valence-corrected chi connectivity index (χ4v) is 2.66. The maximum atomic E-state index is 12.8. The van der Waals surface area contributed by atoms with Gasteiger partial charge in [0.15, 0.2) is 11.5 Å². The Morgan fingerprint density at radius 3 is 2.55 bits per heavy atom. The summed E-state index contributed by atoms with van der Waals surface area (Å²) in [7, 11) is -4.17. The lowest BCUT2D eigenvalue weighted by atomic mass is 10.3. The van der Waals surface area contributed by atoms with Gasteiger partial charge in [0.1, 0.15) is 6.04 Å². The molecule has 1 aliphatic heterocycles. The van der Waals surface area contributed by atoms with Gasteiger partial charge in [0.25, 0.3) is 0 Å². The summed E-state index contributed by atoms with van der Waals surface area (Å²) in [6.07, 6.45) is -3.85. The molecule has 0 radical (unpaired) electrons. The lowest BCUT2D eigenvalue weighted by Crippen LogP contribution is -2.38. The number of nitrogens with one attached hydrogen (secondary N) is 1. The van der Waals surface area contributed by atoms with E-state index in [0.717, 1.165) is 25.1 Å². The second-order valence-corrected chi connectivity index (χ2v) is 5.67. The van der Waals surface area contributed by atoms with E-state index in [4.69, 9.17) is 5.11 Å². The van der Waals surface area contributed by atoms with Crippen LogP contribution in [0.15, 0.2) is 23.1 Å². The Hall–Kier alpha value is -1.94. The number of hydrogen-bond acceptors (Lipinski definition) is 5. The van der Waals surface area contributed by atoms with Crippen molar-refractivity contribution in [2.45, 2.75) is 24.2 Å². The molecule has 0 bridgehead atoms. The number of halogens is 2. The number of aliphatic carboxylic acids is 1. The van der Waals surface area contributed by atoms with E-state index >= 15 is 0 Å². The van der Waals surface area contributed by atoms with Crippen LogP contribution in [0.2, 0.25) is 0 Å². The summed E-state index contributed by atoms with van der Waals surface area (Å²) in [4.78, 5) is 10.2. The van der Waals surface area contributed by atoms with E-state index < -0.39 is 39.0 Å². The van der Waals surface area contributed by atoms with Crippen LogP contribution < -0.4 is 14.2 Å². The highest BCUT2D eigenvalue weighted by molar-refractivity contribution is 7.89. The van der Waals surface area contributed by atoms with Crippen molar-refractivity contribution in [3.8, 4) is 11.5 Å². The molecule has 0 aliphatic carbocycles. The van der Waals surface area contributed by atoms with E-state index in [1.807, 2.05) is 4.72 Å². The molecule has 1 aliphatic rings. The van der Waals surface area contributed by atoms with E-state index in [0.29, 0.717) is 0 Å². The molecule has 0 fully saturated rings. The van der Waals surface area contributed by atoms with E-state index in [1.54, 1.807) is 0 Å². The van der Waals surface area contributed by atoms with Crippen molar-refractivity contribution >= 4 is 16.0 Å². The fourth-order valence-electron chi connectivity index (χ4n) is 1.45. The maximum Gasteiger partial charge on any atom is 0.586 e. The normalized spacial score (nSPS) is 17.8. The highest BCUT2D eigenvalue weighted by Crippen LogP contribution is 2.41. The molecule has 1 aromatic rings. The first-order valence-electron chi connectivity index (χ1n) is 5.26. The van der Waals surface area contributed by atoms with Crippen LogP contribution in [-0.2, 0) is 14.8 Å². The zero-order valence-corrected chi connectivity index (χ0v) is 10.8. The monoisotopic (exact) mass is 309 g/mol. The minimum absolute atomic E-state index is 0.305. The van der Waals surface area contributed by atoms with Crippen molar-refractivity contribution in [1.29, 1.82) is 0 Å². The molecule has 0 saturated carbocycles. The molecule has 0 spiro atoms. The first-order valence-corrected chi connectivity index (χ1v) is 6.74. The van der Waals surface area contributed by atoms with Gasteiger partial charge in [-0.15, -0.1) is 8.78 Å². The van der Waals surface area contributed by atoms with Gasteiger partial charge < -0.3 is 14.6 Å². The van der Waals surface area contributed by atoms with Crippen LogP contribution in [0.25, 0.3) is 0 Å². The second-order valence-electron chi connectivity index (χ2n) is 3.96. The van der Waals surface area contributed by atoms with Crippen molar-refractivity contribution in [2.75, 3.05) is 0 Å². The Morgan fingerprint density at radius 1 is 1.35 bits per heavy atom.